The predicted molar refractivity (Wildman–Crippen MR) is 65.5 cm³/mol. The lowest BCUT2D eigenvalue weighted by Crippen LogP contribution is -2.43. The summed E-state index contributed by atoms with van der Waals surface area (Å²) < 4.78 is 0. The van der Waals surface area contributed by atoms with Crippen LogP contribution in [0.3, 0.4) is 0 Å². The summed E-state index contributed by atoms with van der Waals surface area (Å²) in [4.78, 5) is 11.0. The van der Waals surface area contributed by atoms with Gasteiger partial charge in [0.05, 0.1) is 0 Å². The molecule has 1 aliphatic rings. The van der Waals surface area contributed by atoms with Crippen molar-refractivity contribution in [1.29, 1.82) is 0 Å². The molecule has 1 fully saturated rings. The van der Waals surface area contributed by atoms with Gasteiger partial charge in [0.2, 0.25) is 0 Å². The van der Waals surface area contributed by atoms with Crippen molar-refractivity contribution in [2.75, 3.05) is 6.54 Å². The molecule has 0 bridgehead atoms. The third kappa shape index (κ3) is 4.52. The van der Waals surface area contributed by atoms with Crippen molar-refractivity contribution in [3.05, 3.63) is 0 Å². The Hall–Kier alpha value is -0.570. The molecule has 94 valence electrons. The molecule has 1 rings (SSSR count). The largest absolute Gasteiger partial charge is 0.480 e. The Bertz CT molecular complexity index is 208. The summed E-state index contributed by atoms with van der Waals surface area (Å²) in [6, 6.07) is -0.386. The van der Waals surface area contributed by atoms with Crippen LogP contribution < -0.4 is 5.32 Å². The molecule has 1 unspecified atom stereocenters. The van der Waals surface area contributed by atoms with E-state index >= 15 is 0 Å². The highest BCUT2D eigenvalue weighted by Gasteiger charge is 2.22. The number of aliphatic carboxylic acids is 1. The molecular weight excluding hydrogens is 202 g/mol. The Labute approximate surface area is 98.6 Å². The van der Waals surface area contributed by atoms with E-state index in [2.05, 4.69) is 5.32 Å². The Morgan fingerprint density at radius 3 is 2.25 bits per heavy atom. The first-order valence-corrected chi connectivity index (χ1v) is 6.57. The molecule has 0 spiro atoms. The van der Waals surface area contributed by atoms with Crippen LogP contribution in [0.15, 0.2) is 0 Å². The van der Waals surface area contributed by atoms with Crippen LogP contribution >= 0.6 is 0 Å². The maximum atomic E-state index is 11.0. The van der Waals surface area contributed by atoms with E-state index in [4.69, 9.17) is 5.11 Å². The fraction of sp³-hybridized carbons (Fsp3) is 0.923. The molecular formula is C13H25NO2. The predicted octanol–water partition coefficient (Wildman–Crippen LogP) is 2.66. The van der Waals surface area contributed by atoms with E-state index in [1.165, 1.54) is 38.5 Å². The lowest BCUT2D eigenvalue weighted by molar-refractivity contribution is -0.140. The molecule has 1 aliphatic carbocycles. The van der Waals surface area contributed by atoms with Crippen LogP contribution in [0.4, 0.5) is 0 Å². The average Bonchev–Trinajstić information content (AvgIpc) is 2.45. The number of carboxylic acid groups (broad SMARTS) is 1. The van der Waals surface area contributed by atoms with Gasteiger partial charge >= 0.3 is 5.97 Å². The summed E-state index contributed by atoms with van der Waals surface area (Å²) in [5.74, 6) is 0.120. The molecule has 0 saturated heterocycles. The Kier molecular flexibility index (Phi) is 5.81. The van der Waals surface area contributed by atoms with E-state index in [1.54, 1.807) is 0 Å². The fourth-order valence-electron chi connectivity index (χ4n) is 2.47. The van der Waals surface area contributed by atoms with Crippen molar-refractivity contribution >= 4 is 5.97 Å². The first kappa shape index (κ1) is 13.5. The second kappa shape index (κ2) is 6.89. The highest BCUT2D eigenvalue weighted by atomic mass is 16.4. The van der Waals surface area contributed by atoms with E-state index in [0.29, 0.717) is 5.92 Å². The maximum Gasteiger partial charge on any atom is 0.320 e. The molecule has 16 heavy (non-hydrogen) atoms. The quantitative estimate of drug-likeness (QED) is 0.710. The number of hydrogen-bond donors (Lipinski definition) is 2. The lowest BCUT2D eigenvalue weighted by atomic mass is 9.98. The van der Waals surface area contributed by atoms with Crippen molar-refractivity contribution in [3.8, 4) is 0 Å². The normalized spacial score (nSPS) is 20.7. The van der Waals surface area contributed by atoms with Gasteiger partial charge in [0, 0.05) is 0 Å². The molecule has 0 aromatic rings. The monoisotopic (exact) mass is 227 g/mol. The highest BCUT2D eigenvalue weighted by Crippen LogP contribution is 2.22. The zero-order chi connectivity index (χ0) is 12.0. The SMILES string of the molecule is CC(C)C(NCC1CCCCCC1)C(=O)O. The van der Waals surface area contributed by atoms with Crippen molar-refractivity contribution < 1.29 is 9.90 Å². The van der Waals surface area contributed by atoms with Crippen LogP contribution in [0.25, 0.3) is 0 Å². The second-order valence-corrected chi connectivity index (χ2v) is 5.33. The molecule has 1 atom stereocenters. The number of carboxylic acids is 1. The second-order valence-electron chi connectivity index (χ2n) is 5.33. The van der Waals surface area contributed by atoms with Crippen molar-refractivity contribution in [3.63, 3.8) is 0 Å². The van der Waals surface area contributed by atoms with Crippen LogP contribution in [-0.2, 0) is 4.79 Å². The fourth-order valence-corrected chi connectivity index (χ4v) is 2.47. The van der Waals surface area contributed by atoms with Gasteiger partial charge < -0.3 is 10.4 Å². The Morgan fingerprint density at radius 1 is 1.25 bits per heavy atom. The number of rotatable bonds is 5. The summed E-state index contributed by atoms with van der Waals surface area (Å²) in [6.07, 6.45) is 7.85. The van der Waals surface area contributed by atoms with Crippen LogP contribution in [0.5, 0.6) is 0 Å². The van der Waals surface area contributed by atoms with E-state index < -0.39 is 5.97 Å². The first-order valence-electron chi connectivity index (χ1n) is 6.57. The van der Waals surface area contributed by atoms with E-state index in [-0.39, 0.29) is 12.0 Å². The molecule has 3 nitrogen and oxygen atoms in total. The van der Waals surface area contributed by atoms with Crippen LogP contribution in [-0.4, -0.2) is 23.7 Å². The third-order valence-electron chi connectivity index (χ3n) is 3.53. The Balaban J connectivity index is 2.32. The highest BCUT2D eigenvalue weighted by molar-refractivity contribution is 5.73. The molecule has 0 radical (unpaired) electrons. The van der Waals surface area contributed by atoms with Crippen LogP contribution in [0.2, 0.25) is 0 Å². The molecule has 0 aliphatic heterocycles. The minimum atomic E-state index is -0.719. The van der Waals surface area contributed by atoms with E-state index in [9.17, 15) is 4.79 Å². The zero-order valence-electron chi connectivity index (χ0n) is 10.5. The molecule has 1 saturated carbocycles. The summed E-state index contributed by atoms with van der Waals surface area (Å²) in [7, 11) is 0. The lowest BCUT2D eigenvalue weighted by Gasteiger charge is -2.21. The summed E-state index contributed by atoms with van der Waals surface area (Å²) >= 11 is 0. The minimum absolute atomic E-state index is 0.156. The van der Waals surface area contributed by atoms with Gasteiger partial charge in [-0.25, -0.2) is 0 Å². The van der Waals surface area contributed by atoms with Crippen molar-refractivity contribution in [2.24, 2.45) is 11.8 Å². The van der Waals surface area contributed by atoms with Gasteiger partial charge in [-0.2, -0.15) is 0 Å². The molecule has 0 aromatic carbocycles. The molecule has 3 heteroatoms. The maximum absolute atomic E-state index is 11.0. The smallest absolute Gasteiger partial charge is 0.320 e. The first-order chi connectivity index (χ1) is 7.61. The van der Waals surface area contributed by atoms with Crippen molar-refractivity contribution in [1.82, 2.24) is 5.32 Å². The summed E-state index contributed by atoms with van der Waals surface area (Å²) in [5, 5.41) is 12.3. The third-order valence-corrected chi connectivity index (χ3v) is 3.53. The number of carbonyl (C=O) groups is 1. The standard InChI is InChI=1S/C13H25NO2/c1-10(2)12(13(15)16)14-9-11-7-5-3-4-6-8-11/h10-12,14H,3-9H2,1-2H3,(H,15,16). The molecule has 0 heterocycles. The van der Waals surface area contributed by atoms with Gasteiger partial charge in [0.1, 0.15) is 6.04 Å². The number of nitrogens with one attached hydrogen (secondary N) is 1. The van der Waals surface area contributed by atoms with E-state index in [1.807, 2.05) is 13.8 Å². The van der Waals surface area contributed by atoms with Crippen LogP contribution in [0.1, 0.15) is 52.4 Å². The average molecular weight is 227 g/mol. The summed E-state index contributed by atoms with van der Waals surface area (Å²) in [6.45, 7) is 4.78. The van der Waals surface area contributed by atoms with Gasteiger partial charge in [-0.05, 0) is 31.2 Å². The molecule has 0 aromatic heterocycles. The van der Waals surface area contributed by atoms with Gasteiger partial charge in [-0.15, -0.1) is 0 Å². The molecule has 2 N–H and O–H groups in total. The van der Waals surface area contributed by atoms with Gasteiger partial charge in [-0.1, -0.05) is 39.5 Å². The van der Waals surface area contributed by atoms with Gasteiger partial charge in [0.25, 0.3) is 0 Å². The van der Waals surface area contributed by atoms with Crippen LogP contribution in [0, 0.1) is 11.8 Å². The van der Waals surface area contributed by atoms with Gasteiger partial charge in [0.15, 0.2) is 0 Å². The topological polar surface area (TPSA) is 49.3 Å². The zero-order valence-corrected chi connectivity index (χ0v) is 10.5. The van der Waals surface area contributed by atoms with Gasteiger partial charge in [-0.3, -0.25) is 4.79 Å². The van der Waals surface area contributed by atoms with Crippen molar-refractivity contribution in [2.45, 2.75) is 58.4 Å². The minimum Gasteiger partial charge on any atom is -0.480 e. The van der Waals surface area contributed by atoms with E-state index in [0.717, 1.165) is 6.54 Å². The molecule has 0 amide bonds. The Morgan fingerprint density at radius 2 is 1.81 bits per heavy atom. The summed E-state index contributed by atoms with van der Waals surface area (Å²) in [5.41, 5.74) is 0. The number of hydrogen-bond acceptors (Lipinski definition) is 2.